The maximum absolute atomic E-state index is 10.7. The summed E-state index contributed by atoms with van der Waals surface area (Å²) in [5.74, 6) is 0.341. The van der Waals surface area contributed by atoms with Gasteiger partial charge in [0, 0.05) is 0 Å². The average Bonchev–Trinajstić information content (AvgIpc) is 2.36. The molecule has 0 aliphatic carbocycles. The molecule has 0 saturated carbocycles. The molecule has 0 aliphatic rings. The minimum absolute atomic E-state index is 0.0273. The number of rotatable bonds is 7. The van der Waals surface area contributed by atoms with E-state index in [-0.39, 0.29) is 12.4 Å². The lowest BCUT2D eigenvalue weighted by Gasteiger charge is -2.15. The molecule has 0 radical (unpaired) electrons. The van der Waals surface area contributed by atoms with Gasteiger partial charge in [-0.2, -0.15) is 8.42 Å². The van der Waals surface area contributed by atoms with Gasteiger partial charge in [0.2, 0.25) is 0 Å². The van der Waals surface area contributed by atoms with E-state index in [0.29, 0.717) is 0 Å². The number of hydrogen-bond acceptors (Lipinski definition) is 3. The molecule has 0 unspecified atom stereocenters. The molecular formula is C11H19B3O4S. The van der Waals surface area contributed by atoms with Crippen LogP contribution in [0.15, 0.2) is 12.1 Å². The first kappa shape index (κ1) is 16.2. The Morgan fingerprint density at radius 3 is 2.00 bits per heavy atom. The lowest BCUT2D eigenvalue weighted by molar-refractivity contribution is 0.333. The smallest absolute Gasteiger partial charge is 0.268 e. The molecule has 0 bridgehead atoms. The Balaban J connectivity index is 2.92. The molecule has 0 fully saturated rings. The monoisotopic (exact) mass is 280 g/mol. The summed E-state index contributed by atoms with van der Waals surface area (Å²) in [5, 5.41) is 0. The molecule has 1 rings (SSSR count). The molecule has 0 atom stereocenters. The van der Waals surface area contributed by atoms with E-state index in [0.717, 1.165) is 30.3 Å². The molecule has 1 aromatic rings. The molecular weight excluding hydrogens is 261 g/mol. The second-order valence-electron chi connectivity index (χ2n) is 4.42. The molecule has 8 heteroatoms. The van der Waals surface area contributed by atoms with Crippen LogP contribution in [0.1, 0.15) is 16.7 Å². The first-order valence-electron chi connectivity index (χ1n) is 6.63. The van der Waals surface area contributed by atoms with Crippen LogP contribution in [-0.2, 0) is 29.1 Å². The summed E-state index contributed by atoms with van der Waals surface area (Å²) in [6.45, 7) is -0.0273. The van der Waals surface area contributed by atoms with Gasteiger partial charge < -0.3 is 4.74 Å². The van der Waals surface area contributed by atoms with Crippen LogP contribution in [0.2, 0.25) is 0 Å². The molecule has 4 nitrogen and oxygen atoms in total. The number of ether oxygens (including phenoxy) is 1. The van der Waals surface area contributed by atoms with E-state index in [4.69, 9.17) is 9.29 Å². The molecule has 0 amide bonds. The summed E-state index contributed by atoms with van der Waals surface area (Å²) < 4.78 is 35.6. The highest BCUT2D eigenvalue weighted by molar-refractivity contribution is 7.85. The van der Waals surface area contributed by atoms with Crippen molar-refractivity contribution < 1.29 is 17.7 Å². The Morgan fingerprint density at radius 2 is 1.53 bits per heavy atom. The van der Waals surface area contributed by atoms with Crippen LogP contribution in [0.5, 0.6) is 5.75 Å². The summed E-state index contributed by atoms with van der Waals surface area (Å²) in [4.78, 5) is 0. The van der Waals surface area contributed by atoms with Gasteiger partial charge in [-0.3, -0.25) is 4.55 Å². The SMILES string of the molecule is BCc1cc(CB)c(OCCS(=O)(=O)O)cc1CB. The fourth-order valence-electron chi connectivity index (χ4n) is 2.04. The quantitative estimate of drug-likeness (QED) is 0.480. The molecule has 19 heavy (non-hydrogen) atoms. The van der Waals surface area contributed by atoms with Crippen LogP contribution in [0.4, 0.5) is 0 Å². The summed E-state index contributed by atoms with van der Waals surface area (Å²) in [6.07, 6.45) is 2.72. The van der Waals surface area contributed by atoms with Gasteiger partial charge in [-0.25, -0.2) is 0 Å². The van der Waals surface area contributed by atoms with Gasteiger partial charge in [0.15, 0.2) is 0 Å². The summed E-state index contributed by atoms with van der Waals surface area (Å²) in [5.41, 5.74) is 3.60. The van der Waals surface area contributed by atoms with Crippen molar-refractivity contribution in [2.24, 2.45) is 0 Å². The Morgan fingerprint density at radius 1 is 1.00 bits per heavy atom. The molecule has 0 spiro atoms. The minimum Gasteiger partial charge on any atom is -0.492 e. The Bertz CT molecular complexity index is 531. The van der Waals surface area contributed by atoms with Gasteiger partial charge in [0.1, 0.15) is 41.6 Å². The van der Waals surface area contributed by atoms with Gasteiger partial charge in [0.25, 0.3) is 10.1 Å². The van der Waals surface area contributed by atoms with Gasteiger partial charge in [-0.1, -0.05) is 30.6 Å². The van der Waals surface area contributed by atoms with E-state index in [9.17, 15) is 8.42 Å². The van der Waals surface area contributed by atoms with Crippen molar-refractivity contribution in [3.8, 4) is 5.75 Å². The van der Waals surface area contributed by atoms with Gasteiger partial charge in [-0.05, 0) is 17.2 Å². The summed E-state index contributed by atoms with van der Waals surface area (Å²) in [7, 11) is 2.27. The zero-order valence-electron chi connectivity index (χ0n) is 11.8. The molecule has 1 aromatic carbocycles. The van der Waals surface area contributed by atoms with Crippen molar-refractivity contribution in [1.82, 2.24) is 0 Å². The minimum atomic E-state index is -3.97. The van der Waals surface area contributed by atoms with Crippen LogP contribution in [0, 0.1) is 0 Å². The number of benzene rings is 1. The summed E-state index contributed by atoms with van der Waals surface area (Å²) >= 11 is 0. The Labute approximate surface area is 117 Å². The lowest BCUT2D eigenvalue weighted by atomic mass is 9.83. The maximum atomic E-state index is 10.7. The predicted octanol–water partition coefficient (Wildman–Crippen LogP) is -1.65. The third-order valence-corrected chi connectivity index (χ3v) is 3.81. The van der Waals surface area contributed by atoms with Crippen molar-refractivity contribution in [1.29, 1.82) is 0 Å². The van der Waals surface area contributed by atoms with Crippen LogP contribution < -0.4 is 4.74 Å². The third-order valence-electron chi connectivity index (χ3n) is 3.12. The first-order chi connectivity index (χ1) is 8.91. The molecule has 0 aromatic heterocycles. The van der Waals surface area contributed by atoms with Gasteiger partial charge in [0.05, 0.1) is 0 Å². The first-order valence-corrected chi connectivity index (χ1v) is 8.24. The second kappa shape index (κ2) is 7.05. The summed E-state index contributed by atoms with van der Waals surface area (Å²) in [6, 6.07) is 4.11. The molecule has 0 aliphatic heterocycles. The molecule has 0 saturated heterocycles. The fraction of sp³-hybridized carbons (Fsp3) is 0.455. The van der Waals surface area contributed by atoms with Crippen LogP contribution >= 0.6 is 0 Å². The highest BCUT2D eigenvalue weighted by Crippen LogP contribution is 2.24. The fourth-order valence-corrected chi connectivity index (χ4v) is 2.34. The molecule has 102 valence electrons. The predicted molar refractivity (Wildman–Crippen MR) is 85.1 cm³/mol. The van der Waals surface area contributed by atoms with Crippen LogP contribution in [0.3, 0.4) is 0 Å². The Hall–Kier alpha value is -0.875. The van der Waals surface area contributed by atoms with Gasteiger partial charge >= 0.3 is 0 Å². The van der Waals surface area contributed by atoms with Crippen molar-refractivity contribution in [3.63, 3.8) is 0 Å². The van der Waals surface area contributed by atoms with E-state index >= 15 is 0 Å². The normalized spacial score (nSPS) is 11.4. The molecule has 1 N–H and O–H groups in total. The largest absolute Gasteiger partial charge is 0.492 e. The van der Waals surface area contributed by atoms with E-state index < -0.39 is 10.1 Å². The maximum Gasteiger partial charge on any atom is 0.268 e. The second-order valence-corrected chi connectivity index (χ2v) is 6.00. The number of hydrogen-bond donors (Lipinski definition) is 1. The van der Waals surface area contributed by atoms with Crippen molar-refractivity contribution >= 4 is 33.7 Å². The highest BCUT2D eigenvalue weighted by atomic mass is 32.2. The van der Waals surface area contributed by atoms with E-state index in [1.54, 1.807) is 0 Å². The lowest BCUT2D eigenvalue weighted by Crippen LogP contribution is -2.13. The van der Waals surface area contributed by atoms with E-state index in [1.165, 1.54) is 11.1 Å². The van der Waals surface area contributed by atoms with Crippen LogP contribution in [-0.4, -0.2) is 48.9 Å². The van der Waals surface area contributed by atoms with Crippen molar-refractivity contribution in [2.45, 2.75) is 19.0 Å². The standard InChI is InChI=1S/C11H19B3O4S/c12-5-8-3-10(7-14)11(4-9(8)6-13)18-1-2-19(15,16)17/h3-4H,1-2,5-7,12-14H2,(H,15,16,17). The molecule has 0 heterocycles. The van der Waals surface area contributed by atoms with E-state index in [1.807, 2.05) is 13.9 Å². The topological polar surface area (TPSA) is 63.6 Å². The van der Waals surface area contributed by atoms with Crippen molar-refractivity contribution in [3.05, 3.63) is 28.8 Å². The van der Waals surface area contributed by atoms with Crippen LogP contribution in [0.25, 0.3) is 0 Å². The highest BCUT2D eigenvalue weighted by Gasteiger charge is 2.10. The van der Waals surface area contributed by atoms with E-state index in [2.05, 4.69) is 21.8 Å². The average molecular weight is 280 g/mol. The Kier molecular flexibility index (Phi) is 6.01. The zero-order valence-corrected chi connectivity index (χ0v) is 12.6. The third kappa shape index (κ3) is 4.95. The van der Waals surface area contributed by atoms with Crippen molar-refractivity contribution in [2.75, 3.05) is 12.4 Å². The zero-order chi connectivity index (χ0) is 14.5. The van der Waals surface area contributed by atoms with Gasteiger partial charge in [-0.15, -0.1) is 0 Å².